The van der Waals surface area contributed by atoms with Gasteiger partial charge in [0.05, 0.1) is 11.6 Å². The van der Waals surface area contributed by atoms with Crippen LogP contribution in [-0.4, -0.2) is 12.6 Å². The zero-order chi connectivity index (χ0) is 9.54. The van der Waals surface area contributed by atoms with E-state index in [4.69, 9.17) is 5.26 Å². The summed E-state index contributed by atoms with van der Waals surface area (Å²) in [6.07, 6.45) is 2.75. The molecule has 2 nitrogen and oxygen atoms in total. The Labute approximate surface area is 83.8 Å². The average molecular weight is 184 g/mol. The molecule has 14 heavy (non-hydrogen) atoms. The molecule has 1 saturated carbocycles. The van der Waals surface area contributed by atoms with Crippen molar-refractivity contribution in [1.82, 2.24) is 0 Å². The Balaban J connectivity index is 1.87. The lowest BCUT2D eigenvalue weighted by Gasteiger charge is -2.27. The second kappa shape index (κ2) is 2.75. The molecule has 0 aromatic heterocycles. The normalized spacial score (nSPS) is 28.4. The van der Waals surface area contributed by atoms with Crippen LogP contribution in [0.2, 0.25) is 0 Å². The van der Waals surface area contributed by atoms with E-state index in [1.165, 1.54) is 25.1 Å². The predicted octanol–water partition coefficient (Wildman–Crippen LogP) is 2.16. The van der Waals surface area contributed by atoms with Gasteiger partial charge in [-0.1, -0.05) is 0 Å². The Morgan fingerprint density at radius 3 is 2.43 bits per heavy atom. The van der Waals surface area contributed by atoms with E-state index in [1.54, 1.807) is 0 Å². The molecule has 0 N–H and O–H groups in total. The lowest BCUT2D eigenvalue weighted by molar-refractivity contribution is 0.381. The summed E-state index contributed by atoms with van der Waals surface area (Å²) in [6, 6.07) is 10.9. The van der Waals surface area contributed by atoms with E-state index in [0.717, 1.165) is 17.5 Å². The zero-order valence-corrected chi connectivity index (χ0v) is 7.98. The summed E-state index contributed by atoms with van der Waals surface area (Å²) in [5.74, 6) is 0.940. The second-order valence-corrected chi connectivity index (χ2v) is 4.30. The molecule has 2 heteroatoms. The van der Waals surface area contributed by atoms with Gasteiger partial charge in [-0.2, -0.15) is 5.26 Å². The summed E-state index contributed by atoms with van der Waals surface area (Å²) in [6.45, 7) is 1.22. The number of fused-ring (bicyclic) bond motifs is 1. The molecule has 0 unspecified atom stereocenters. The van der Waals surface area contributed by atoms with E-state index in [-0.39, 0.29) is 0 Å². The molecule has 1 aromatic carbocycles. The van der Waals surface area contributed by atoms with Crippen LogP contribution in [0.5, 0.6) is 0 Å². The summed E-state index contributed by atoms with van der Waals surface area (Å²) in [4.78, 5) is 2.48. The third-order valence-electron chi connectivity index (χ3n) is 3.43. The molecule has 1 aromatic rings. The molecule has 2 saturated heterocycles. The Bertz CT molecular complexity index is 382. The summed E-state index contributed by atoms with van der Waals surface area (Å²) in [5.41, 5.74) is 2.04. The highest BCUT2D eigenvalue weighted by Gasteiger charge is 2.42. The minimum Gasteiger partial charge on any atom is -0.368 e. The van der Waals surface area contributed by atoms with Crippen molar-refractivity contribution in [2.45, 2.75) is 18.9 Å². The number of nitrogens with zero attached hydrogens (tertiary/aromatic N) is 2. The van der Waals surface area contributed by atoms with Crippen LogP contribution in [0.3, 0.4) is 0 Å². The van der Waals surface area contributed by atoms with Crippen LogP contribution < -0.4 is 4.90 Å². The van der Waals surface area contributed by atoms with Gasteiger partial charge in [0.15, 0.2) is 0 Å². The van der Waals surface area contributed by atoms with Crippen molar-refractivity contribution in [2.75, 3.05) is 11.4 Å². The lowest BCUT2D eigenvalue weighted by Crippen LogP contribution is -2.28. The van der Waals surface area contributed by atoms with Gasteiger partial charge in [-0.15, -0.1) is 0 Å². The highest BCUT2D eigenvalue weighted by Crippen LogP contribution is 2.42. The SMILES string of the molecule is N#Cc1ccc(N2CC3CC2C3)cc1. The molecule has 2 heterocycles. The molecule has 0 atom stereocenters. The first-order valence-electron chi connectivity index (χ1n) is 5.13. The van der Waals surface area contributed by atoms with Gasteiger partial charge >= 0.3 is 0 Å². The fraction of sp³-hybridized carbons (Fsp3) is 0.417. The fourth-order valence-electron chi connectivity index (χ4n) is 2.57. The maximum Gasteiger partial charge on any atom is 0.0991 e. The van der Waals surface area contributed by atoms with Crippen molar-refractivity contribution in [1.29, 1.82) is 5.26 Å². The third-order valence-corrected chi connectivity index (χ3v) is 3.43. The Kier molecular flexibility index (Phi) is 1.55. The lowest BCUT2D eigenvalue weighted by atomic mass is 9.86. The third kappa shape index (κ3) is 1.02. The maximum atomic E-state index is 8.69. The first kappa shape index (κ1) is 7.87. The van der Waals surface area contributed by atoms with E-state index in [0.29, 0.717) is 0 Å². The zero-order valence-electron chi connectivity index (χ0n) is 7.98. The molecule has 3 aliphatic rings. The first-order valence-corrected chi connectivity index (χ1v) is 5.13. The Morgan fingerprint density at radius 1 is 1.21 bits per heavy atom. The molecular formula is C12H12N2. The van der Waals surface area contributed by atoms with Crippen LogP contribution in [0.4, 0.5) is 5.69 Å². The maximum absolute atomic E-state index is 8.69. The van der Waals surface area contributed by atoms with Crippen molar-refractivity contribution in [3.63, 3.8) is 0 Å². The summed E-state index contributed by atoms with van der Waals surface area (Å²) < 4.78 is 0. The standard InChI is InChI=1S/C12H12N2/c13-7-9-1-3-11(4-2-9)14-8-10-5-12(14)6-10/h1-4,10,12H,5-6,8H2. The molecule has 70 valence electrons. The topological polar surface area (TPSA) is 27.0 Å². The fourth-order valence-corrected chi connectivity index (χ4v) is 2.57. The van der Waals surface area contributed by atoms with Crippen molar-refractivity contribution >= 4 is 5.69 Å². The van der Waals surface area contributed by atoms with E-state index < -0.39 is 0 Å². The van der Waals surface area contributed by atoms with Crippen molar-refractivity contribution in [3.8, 4) is 6.07 Å². The number of anilines is 1. The van der Waals surface area contributed by atoms with Gasteiger partial charge in [0.2, 0.25) is 0 Å². The second-order valence-electron chi connectivity index (χ2n) is 4.30. The highest BCUT2D eigenvalue weighted by atomic mass is 15.2. The van der Waals surface area contributed by atoms with Gasteiger partial charge in [0, 0.05) is 18.3 Å². The van der Waals surface area contributed by atoms with Crippen LogP contribution in [-0.2, 0) is 0 Å². The van der Waals surface area contributed by atoms with E-state index >= 15 is 0 Å². The molecule has 4 rings (SSSR count). The number of hydrogen-bond acceptors (Lipinski definition) is 2. The van der Waals surface area contributed by atoms with Gasteiger partial charge in [0.25, 0.3) is 0 Å². The largest absolute Gasteiger partial charge is 0.368 e. The number of hydrogen-bond donors (Lipinski definition) is 0. The van der Waals surface area contributed by atoms with Crippen LogP contribution in [0, 0.1) is 17.2 Å². The van der Waals surface area contributed by atoms with Crippen LogP contribution >= 0.6 is 0 Å². The minimum atomic E-state index is 0.750. The minimum absolute atomic E-state index is 0.750. The average Bonchev–Trinajstić information content (AvgIpc) is 2.76. The van der Waals surface area contributed by atoms with E-state index in [9.17, 15) is 0 Å². The van der Waals surface area contributed by atoms with Gasteiger partial charge in [0.1, 0.15) is 0 Å². The molecule has 2 aliphatic heterocycles. The van der Waals surface area contributed by atoms with E-state index in [1.807, 2.05) is 12.1 Å². The van der Waals surface area contributed by atoms with Gasteiger partial charge in [-0.3, -0.25) is 0 Å². The molecule has 2 bridgehead atoms. The summed E-state index contributed by atoms with van der Waals surface area (Å²) in [7, 11) is 0. The van der Waals surface area contributed by atoms with Crippen molar-refractivity contribution < 1.29 is 0 Å². The number of nitriles is 1. The smallest absolute Gasteiger partial charge is 0.0991 e. The van der Waals surface area contributed by atoms with Gasteiger partial charge in [-0.25, -0.2) is 0 Å². The summed E-state index contributed by atoms with van der Waals surface area (Å²) >= 11 is 0. The van der Waals surface area contributed by atoms with Crippen molar-refractivity contribution in [3.05, 3.63) is 29.8 Å². The Morgan fingerprint density at radius 2 is 1.93 bits per heavy atom. The molecule has 0 spiro atoms. The predicted molar refractivity (Wildman–Crippen MR) is 55.0 cm³/mol. The van der Waals surface area contributed by atoms with Crippen LogP contribution in [0.25, 0.3) is 0 Å². The quantitative estimate of drug-likeness (QED) is 0.668. The van der Waals surface area contributed by atoms with Crippen LogP contribution in [0.15, 0.2) is 24.3 Å². The number of rotatable bonds is 1. The summed E-state index contributed by atoms with van der Waals surface area (Å²) in [5, 5.41) is 8.69. The Hall–Kier alpha value is -1.49. The highest BCUT2D eigenvalue weighted by molar-refractivity contribution is 5.52. The molecule has 0 radical (unpaired) electrons. The van der Waals surface area contributed by atoms with E-state index in [2.05, 4.69) is 23.1 Å². The monoisotopic (exact) mass is 184 g/mol. The molecular weight excluding hydrogens is 172 g/mol. The van der Waals surface area contributed by atoms with Gasteiger partial charge in [-0.05, 0) is 43.0 Å². The first-order chi connectivity index (χ1) is 6.86. The van der Waals surface area contributed by atoms with Crippen LogP contribution in [0.1, 0.15) is 18.4 Å². The molecule has 0 amide bonds. The molecule has 1 aliphatic carbocycles. The van der Waals surface area contributed by atoms with Gasteiger partial charge < -0.3 is 4.90 Å². The number of benzene rings is 1. The molecule has 3 fully saturated rings. The van der Waals surface area contributed by atoms with Crippen molar-refractivity contribution in [2.24, 2.45) is 5.92 Å².